The van der Waals surface area contributed by atoms with Crippen molar-refractivity contribution in [2.45, 2.75) is 45.8 Å². The Kier molecular flexibility index (Phi) is 3.98. The number of ketones is 1. The maximum Gasteiger partial charge on any atom is 0.491 e. The van der Waals surface area contributed by atoms with Crippen molar-refractivity contribution in [2.24, 2.45) is 5.92 Å². The fraction of sp³-hybridized carbons (Fsp3) is 0.471. The summed E-state index contributed by atoms with van der Waals surface area (Å²) in [6.07, 6.45) is 4.02. The lowest BCUT2D eigenvalue weighted by molar-refractivity contribution is 0.0987. The van der Waals surface area contributed by atoms with Crippen LogP contribution < -0.4 is 5.46 Å². The zero-order valence-corrected chi connectivity index (χ0v) is 13.7. The summed E-state index contributed by atoms with van der Waals surface area (Å²) in [5.41, 5.74) is 3.88. The van der Waals surface area contributed by atoms with Gasteiger partial charge in [-0.15, -0.1) is 5.10 Å². The number of Topliss-reactive ketones (excluding diaryl/α,β-unsaturated/α-hetero) is 1. The van der Waals surface area contributed by atoms with E-state index in [-0.39, 0.29) is 12.2 Å². The molecule has 0 bridgehead atoms. The average Bonchev–Trinajstić information content (AvgIpc) is 3.07. The first-order chi connectivity index (χ1) is 11.6. The number of nitrogens with zero attached hydrogens (tertiary/aromatic N) is 3. The molecule has 1 aliphatic heterocycles. The Morgan fingerprint density at radius 2 is 2.29 bits per heavy atom. The van der Waals surface area contributed by atoms with Gasteiger partial charge >= 0.3 is 7.12 Å². The van der Waals surface area contributed by atoms with Gasteiger partial charge in [0, 0.05) is 13.0 Å². The highest BCUT2D eigenvalue weighted by atomic mass is 16.5. The molecule has 0 spiro atoms. The zero-order chi connectivity index (χ0) is 16.7. The fourth-order valence-electron chi connectivity index (χ4n) is 3.35. The smallest absolute Gasteiger partial charge is 0.423 e. The lowest BCUT2D eigenvalue weighted by atomic mass is 9.78. The molecule has 1 aromatic heterocycles. The van der Waals surface area contributed by atoms with Gasteiger partial charge in [0.2, 0.25) is 0 Å². The van der Waals surface area contributed by atoms with E-state index in [0.29, 0.717) is 18.2 Å². The van der Waals surface area contributed by atoms with Gasteiger partial charge in [-0.3, -0.25) is 4.79 Å². The van der Waals surface area contributed by atoms with Crippen LogP contribution in [0, 0.1) is 12.8 Å². The Morgan fingerprint density at radius 3 is 3.04 bits per heavy atom. The van der Waals surface area contributed by atoms with Gasteiger partial charge in [-0.1, -0.05) is 29.8 Å². The number of aromatic nitrogens is 3. The van der Waals surface area contributed by atoms with E-state index in [9.17, 15) is 9.82 Å². The molecule has 1 aliphatic carbocycles. The normalized spacial score (nSPS) is 17.0. The Hall–Kier alpha value is -1.99. The third-order valence-corrected chi connectivity index (χ3v) is 5.14. The lowest BCUT2D eigenvalue weighted by Crippen LogP contribution is -2.28. The molecule has 2 aromatic rings. The van der Waals surface area contributed by atoms with E-state index in [1.54, 1.807) is 0 Å². The molecule has 0 saturated heterocycles. The maximum absolute atomic E-state index is 12.6. The van der Waals surface area contributed by atoms with E-state index in [0.717, 1.165) is 28.8 Å². The molecule has 2 heterocycles. The van der Waals surface area contributed by atoms with Crippen molar-refractivity contribution in [3.63, 3.8) is 0 Å². The molecule has 1 aromatic carbocycles. The van der Waals surface area contributed by atoms with Crippen LogP contribution in [0.25, 0.3) is 0 Å². The number of benzene rings is 1. The van der Waals surface area contributed by atoms with Crippen LogP contribution in [-0.2, 0) is 24.2 Å². The minimum absolute atomic E-state index is 0.0410. The Bertz CT molecular complexity index is 785. The predicted molar refractivity (Wildman–Crippen MR) is 89.0 cm³/mol. The van der Waals surface area contributed by atoms with Gasteiger partial charge in [-0.2, -0.15) is 0 Å². The van der Waals surface area contributed by atoms with Gasteiger partial charge in [0.25, 0.3) is 0 Å². The number of carbonyl (C=O) groups excluding carboxylic acids is 1. The molecule has 7 heteroatoms. The monoisotopic (exact) mass is 325 g/mol. The van der Waals surface area contributed by atoms with Gasteiger partial charge in [0.05, 0.1) is 12.3 Å². The van der Waals surface area contributed by atoms with Gasteiger partial charge in [0.1, 0.15) is 0 Å². The number of hydrogen-bond acceptors (Lipinski definition) is 5. The molecule has 0 unspecified atom stereocenters. The minimum atomic E-state index is -0.889. The summed E-state index contributed by atoms with van der Waals surface area (Å²) in [5.74, 6) is 0.632. The van der Waals surface area contributed by atoms with Gasteiger partial charge in [0.15, 0.2) is 11.5 Å². The Labute approximate surface area is 141 Å². The maximum atomic E-state index is 12.6. The van der Waals surface area contributed by atoms with Crippen LogP contribution in [0.2, 0.25) is 0 Å². The Balaban J connectivity index is 1.49. The van der Waals surface area contributed by atoms with E-state index >= 15 is 0 Å². The first-order valence-electron chi connectivity index (χ1n) is 8.46. The van der Waals surface area contributed by atoms with Crippen molar-refractivity contribution < 1.29 is 14.5 Å². The molecule has 0 amide bonds. The highest BCUT2D eigenvalue weighted by molar-refractivity contribution is 6.61. The van der Waals surface area contributed by atoms with Gasteiger partial charge < -0.3 is 9.68 Å². The summed E-state index contributed by atoms with van der Waals surface area (Å²) >= 11 is 0. The van der Waals surface area contributed by atoms with Crippen LogP contribution in [0.3, 0.4) is 0 Å². The predicted octanol–water partition coefficient (Wildman–Crippen LogP) is 1.03. The van der Waals surface area contributed by atoms with E-state index in [1.165, 1.54) is 19.3 Å². The molecule has 6 nitrogen and oxygen atoms in total. The molecule has 2 aliphatic rings. The number of carbonyl (C=O) groups is 1. The van der Waals surface area contributed by atoms with E-state index < -0.39 is 7.12 Å². The molecule has 1 saturated carbocycles. The summed E-state index contributed by atoms with van der Waals surface area (Å²) in [6, 6.07) is 5.67. The zero-order valence-electron chi connectivity index (χ0n) is 13.7. The van der Waals surface area contributed by atoms with E-state index in [4.69, 9.17) is 4.65 Å². The van der Waals surface area contributed by atoms with E-state index in [1.807, 2.05) is 29.8 Å². The lowest BCUT2D eigenvalue weighted by Gasteiger charge is -2.25. The fourth-order valence-corrected chi connectivity index (χ4v) is 3.35. The highest BCUT2D eigenvalue weighted by Crippen LogP contribution is 2.28. The molecule has 24 heavy (non-hydrogen) atoms. The summed E-state index contributed by atoms with van der Waals surface area (Å²) in [7, 11) is -0.889. The topological polar surface area (TPSA) is 77.2 Å². The van der Waals surface area contributed by atoms with Crippen LogP contribution in [0.4, 0.5) is 0 Å². The molecule has 0 atom stereocenters. The first-order valence-corrected chi connectivity index (χ1v) is 8.46. The number of hydrogen-bond donors (Lipinski definition) is 1. The highest BCUT2D eigenvalue weighted by Gasteiger charge is 2.28. The molecule has 1 N–H and O–H groups in total. The summed E-state index contributed by atoms with van der Waals surface area (Å²) in [6.45, 7) is 3.18. The van der Waals surface area contributed by atoms with Crippen molar-refractivity contribution in [1.29, 1.82) is 0 Å². The molecular weight excluding hydrogens is 305 g/mol. The van der Waals surface area contributed by atoms with Crippen LogP contribution in [-0.4, -0.2) is 32.9 Å². The quantitative estimate of drug-likeness (QED) is 0.656. The van der Waals surface area contributed by atoms with E-state index in [2.05, 4.69) is 10.3 Å². The second kappa shape index (κ2) is 6.14. The average molecular weight is 325 g/mol. The van der Waals surface area contributed by atoms with Crippen molar-refractivity contribution in [3.05, 3.63) is 40.7 Å². The van der Waals surface area contributed by atoms with Crippen LogP contribution in [0.1, 0.15) is 46.6 Å². The van der Waals surface area contributed by atoms with Crippen LogP contribution in [0.5, 0.6) is 0 Å². The second-order valence-electron chi connectivity index (χ2n) is 6.80. The van der Waals surface area contributed by atoms with Gasteiger partial charge in [-0.25, -0.2) is 4.68 Å². The minimum Gasteiger partial charge on any atom is -0.423 e. The molecule has 0 radical (unpaired) electrons. The summed E-state index contributed by atoms with van der Waals surface area (Å²) in [4.78, 5) is 12.6. The summed E-state index contributed by atoms with van der Waals surface area (Å²) in [5, 5.41) is 18.0. The molecule has 1 fully saturated rings. The number of fused-ring (bicyclic) bond motifs is 1. The van der Waals surface area contributed by atoms with Crippen LogP contribution in [0.15, 0.2) is 18.2 Å². The third-order valence-electron chi connectivity index (χ3n) is 5.14. The van der Waals surface area contributed by atoms with Crippen molar-refractivity contribution in [1.82, 2.24) is 15.0 Å². The van der Waals surface area contributed by atoms with Crippen molar-refractivity contribution >= 4 is 18.4 Å². The Morgan fingerprint density at radius 1 is 1.46 bits per heavy atom. The van der Waals surface area contributed by atoms with Gasteiger partial charge in [-0.05, 0) is 42.3 Å². The molecule has 124 valence electrons. The van der Waals surface area contributed by atoms with Crippen LogP contribution >= 0.6 is 0 Å². The first kappa shape index (κ1) is 15.5. The number of rotatable bonds is 5. The molecule has 4 rings (SSSR count). The van der Waals surface area contributed by atoms with Crippen molar-refractivity contribution in [3.8, 4) is 0 Å². The van der Waals surface area contributed by atoms with Crippen molar-refractivity contribution in [2.75, 3.05) is 0 Å². The second-order valence-corrected chi connectivity index (χ2v) is 6.80. The SMILES string of the molecule is Cc1c(C(=O)Cc2ccc3c(c2)B(O)OC3)nnn1CC1CCC1. The standard InChI is InChI=1S/C17H20BN3O3/c1-11-17(19-20-21(11)9-12-3-2-4-12)16(22)8-13-5-6-14-10-24-18(23)15(14)7-13/h5-7,12,23H,2-4,8-10H2,1H3. The molecular formula is C17H20BN3O3. The third kappa shape index (κ3) is 2.78. The largest absolute Gasteiger partial charge is 0.491 e. The summed E-state index contributed by atoms with van der Waals surface area (Å²) < 4.78 is 7.05.